The molecule has 4 nitrogen and oxygen atoms in total. The lowest BCUT2D eigenvalue weighted by molar-refractivity contribution is 0.224. The maximum atomic E-state index is 5.87. The number of rotatable bonds is 6. The van der Waals surface area contributed by atoms with Crippen LogP contribution in [-0.4, -0.2) is 49.2 Å². The number of para-hydroxylation sites is 1. The second-order valence-electron chi connectivity index (χ2n) is 6.68. The number of fused-ring (bicyclic) bond motifs is 1. The Hall–Kier alpha value is -1.98. The van der Waals surface area contributed by atoms with Gasteiger partial charge in [0.1, 0.15) is 5.75 Å². The molecule has 3 aromatic rings. The fraction of sp³-hybridized carbons (Fsp3) is 0.333. The van der Waals surface area contributed by atoms with Gasteiger partial charge in [-0.25, -0.2) is 0 Å². The predicted octanol–water partition coefficient (Wildman–Crippen LogP) is 4.52. The molecule has 4 rings (SSSR count). The van der Waals surface area contributed by atoms with Gasteiger partial charge in [0.15, 0.2) is 0 Å². The molecule has 2 heterocycles. The van der Waals surface area contributed by atoms with Crippen LogP contribution in [0.25, 0.3) is 10.9 Å². The van der Waals surface area contributed by atoms with Gasteiger partial charge >= 0.3 is 0 Å². The number of hydrogen-bond acceptors (Lipinski definition) is 3. The molecule has 0 saturated carbocycles. The summed E-state index contributed by atoms with van der Waals surface area (Å²) in [6.07, 6.45) is 3.07. The molecule has 26 heavy (non-hydrogen) atoms. The van der Waals surface area contributed by atoms with Crippen LogP contribution in [0.1, 0.15) is 6.42 Å². The van der Waals surface area contributed by atoms with E-state index in [1.54, 1.807) is 0 Å². The number of benzene rings is 2. The summed E-state index contributed by atoms with van der Waals surface area (Å²) in [5.74, 6) is 0.928. The summed E-state index contributed by atoms with van der Waals surface area (Å²) in [7, 11) is 0. The Morgan fingerprint density at radius 3 is 2.65 bits per heavy atom. The molecular formula is C21H24BrN3O. The van der Waals surface area contributed by atoms with Crippen LogP contribution in [0.2, 0.25) is 0 Å². The number of ether oxygens (including phenoxy) is 1. The smallest absolute Gasteiger partial charge is 0.133 e. The van der Waals surface area contributed by atoms with E-state index in [-0.39, 0.29) is 0 Å². The first-order valence-electron chi connectivity index (χ1n) is 9.22. The van der Waals surface area contributed by atoms with E-state index in [4.69, 9.17) is 4.74 Å². The summed E-state index contributed by atoms with van der Waals surface area (Å²) < 4.78 is 6.89. The van der Waals surface area contributed by atoms with Crippen LogP contribution in [-0.2, 0) is 0 Å². The van der Waals surface area contributed by atoms with Gasteiger partial charge in [-0.2, -0.15) is 0 Å². The SMILES string of the molecule is Brc1ccccc1OCCCN1CCN(c2cccc3[nH]ccc23)CC1. The second-order valence-corrected chi connectivity index (χ2v) is 7.53. The largest absolute Gasteiger partial charge is 0.492 e. The topological polar surface area (TPSA) is 31.5 Å². The van der Waals surface area contributed by atoms with Gasteiger partial charge in [0.25, 0.3) is 0 Å². The molecule has 5 heteroatoms. The number of H-pyrrole nitrogens is 1. The minimum absolute atomic E-state index is 0.755. The van der Waals surface area contributed by atoms with Crippen molar-refractivity contribution in [2.75, 3.05) is 44.2 Å². The maximum Gasteiger partial charge on any atom is 0.133 e. The number of piperazine rings is 1. The minimum atomic E-state index is 0.755. The van der Waals surface area contributed by atoms with Crippen LogP contribution >= 0.6 is 15.9 Å². The van der Waals surface area contributed by atoms with Crippen molar-refractivity contribution < 1.29 is 4.74 Å². The zero-order valence-corrected chi connectivity index (χ0v) is 16.4. The van der Waals surface area contributed by atoms with Crippen LogP contribution < -0.4 is 9.64 Å². The van der Waals surface area contributed by atoms with Crippen LogP contribution in [0.3, 0.4) is 0 Å². The number of aromatic amines is 1. The molecule has 1 aliphatic rings. The molecule has 136 valence electrons. The maximum absolute atomic E-state index is 5.87. The average molecular weight is 414 g/mol. The van der Waals surface area contributed by atoms with Crippen molar-refractivity contribution >= 4 is 32.5 Å². The number of nitrogens with zero attached hydrogens (tertiary/aromatic N) is 2. The van der Waals surface area contributed by atoms with E-state index in [1.807, 2.05) is 30.5 Å². The molecule has 0 unspecified atom stereocenters. The first-order chi connectivity index (χ1) is 12.8. The van der Waals surface area contributed by atoms with Crippen molar-refractivity contribution in [3.05, 3.63) is 59.2 Å². The summed E-state index contributed by atoms with van der Waals surface area (Å²) in [4.78, 5) is 8.35. The molecule has 0 amide bonds. The van der Waals surface area contributed by atoms with Gasteiger partial charge in [0, 0.05) is 55.5 Å². The average Bonchev–Trinajstić information content (AvgIpc) is 3.16. The Morgan fingerprint density at radius 1 is 0.962 bits per heavy atom. The van der Waals surface area contributed by atoms with Gasteiger partial charge < -0.3 is 14.6 Å². The summed E-state index contributed by atoms with van der Waals surface area (Å²) >= 11 is 3.52. The third kappa shape index (κ3) is 3.89. The minimum Gasteiger partial charge on any atom is -0.492 e. The standard InChI is InChI=1S/C21H24BrN3O/c22-18-5-1-2-8-21(18)26-16-4-11-24-12-14-25(15-13-24)20-7-3-6-19-17(20)9-10-23-19/h1-3,5-10,23H,4,11-16H2. The van der Waals surface area contributed by atoms with Crippen molar-refractivity contribution in [1.82, 2.24) is 9.88 Å². The fourth-order valence-electron chi connectivity index (χ4n) is 3.59. The van der Waals surface area contributed by atoms with Crippen LogP contribution in [0.15, 0.2) is 59.2 Å². The van der Waals surface area contributed by atoms with E-state index in [0.717, 1.165) is 56.0 Å². The molecule has 0 radical (unpaired) electrons. The van der Waals surface area contributed by atoms with Gasteiger partial charge in [0.2, 0.25) is 0 Å². The second kappa shape index (κ2) is 8.14. The predicted molar refractivity (Wildman–Crippen MR) is 111 cm³/mol. The van der Waals surface area contributed by atoms with Crippen LogP contribution in [0.5, 0.6) is 5.75 Å². The summed E-state index contributed by atoms with van der Waals surface area (Å²) in [5.41, 5.74) is 2.56. The first-order valence-corrected chi connectivity index (χ1v) is 10.0. The lowest BCUT2D eigenvalue weighted by Gasteiger charge is -2.36. The Kier molecular flexibility index (Phi) is 5.46. The molecule has 0 bridgehead atoms. The molecule has 0 spiro atoms. The zero-order valence-electron chi connectivity index (χ0n) is 14.8. The molecule has 1 aromatic heterocycles. The number of nitrogens with one attached hydrogen (secondary N) is 1. The van der Waals surface area contributed by atoms with E-state index >= 15 is 0 Å². The van der Waals surface area contributed by atoms with Crippen molar-refractivity contribution in [1.29, 1.82) is 0 Å². The Bertz CT molecular complexity index is 855. The van der Waals surface area contributed by atoms with E-state index < -0.39 is 0 Å². The zero-order chi connectivity index (χ0) is 17.8. The first kappa shape index (κ1) is 17.4. The Balaban J connectivity index is 1.24. The number of anilines is 1. The van der Waals surface area contributed by atoms with Gasteiger partial charge in [0.05, 0.1) is 11.1 Å². The highest BCUT2D eigenvalue weighted by Gasteiger charge is 2.18. The molecule has 2 aromatic carbocycles. The molecule has 1 saturated heterocycles. The quantitative estimate of drug-likeness (QED) is 0.602. The molecule has 0 aliphatic carbocycles. The highest BCUT2D eigenvalue weighted by atomic mass is 79.9. The van der Waals surface area contributed by atoms with E-state index in [2.05, 4.69) is 55.0 Å². The monoisotopic (exact) mass is 413 g/mol. The van der Waals surface area contributed by atoms with Gasteiger partial charge in [-0.3, -0.25) is 4.90 Å². The molecule has 0 atom stereocenters. The highest BCUT2D eigenvalue weighted by Crippen LogP contribution is 2.27. The Labute approximate surface area is 162 Å². The molecule has 1 N–H and O–H groups in total. The van der Waals surface area contributed by atoms with Crippen molar-refractivity contribution in [2.24, 2.45) is 0 Å². The number of hydrogen-bond donors (Lipinski definition) is 1. The van der Waals surface area contributed by atoms with Crippen LogP contribution in [0, 0.1) is 0 Å². The van der Waals surface area contributed by atoms with E-state index in [9.17, 15) is 0 Å². The van der Waals surface area contributed by atoms with E-state index in [1.165, 1.54) is 16.6 Å². The summed E-state index contributed by atoms with van der Waals surface area (Å²) in [5, 5.41) is 1.32. The number of aromatic nitrogens is 1. The van der Waals surface area contributed by atoms with Gasteiger partial charge in [-0.15, -0.1) is 0 Å². The van der Waals surface area contributed by atoms with Crippen molar-refractivity contribution in [3.8, 4) is 5.75 Å². The van der Waals surface area contributed by atoms with E-state index in [0.29, 0.717) is 0 Å². The molecule has 1 aliphatic heterocycles. The summed E-state index contributed by atoms with van der Waals surface area (Å²) in [6, 6.07) is 16.7. The molecular weight excluding hydrogens is 390 g/mol. The van der Waals surface area contributed by atoms with Crippen LogP contribution in [0.4, 0.5) is 5.69 Å². The Morgan fingerprint density at radius 2 is 1.81 bits per heavy atom. The fourth-order valence-corrected chi connectivity index (χ4v) is 3.99. The third-order valence-corrected chi connectivity index (χ3v) is 5.65. The highest BCUT2D eigenvalue weighted by molar-refractivity contribution is 9.10. The number of halogens is 1. The lowest BCUT2D eigenvalue weighted by Crippen LogP contribution is -2.46. The van der Waals surface area contributed by atoms with Crippen molar-refractivity contribution in [2.45, 2.75) is 6.42 Å². The summed E-state index contributed by atoms with van der Waals surface area (Å²) in [6.45, 7) is 6.22. The van der Waals surface area contributed by atoms with Gasteiger partial charge in [-0.1, -0.05) is 18.2 Å². The normalized spacial score (nSPS) is 15.5. The third-order valence-electron chi connectivity index (χ3n) is 5.00. The van der Waals surface area contributed by atoms with Gasteiger partial charge in [-0.05, 0) is 52.7 Å². The lowest BCUT2D eigenvalue weighted by atomic mass is 10.1. The molecule has 1 fully saturated rings. The van der Waals surface area contributed by atoms with Crippen molar-refractivity contribution in [3.63, 3.8) is 0 Å².